The average Bonchev–Trinajstić information content (AvgIpc) is 3.34. The predicted octanol–water partition coefficient (Wildman–Crippen LogP) is 2.17. The number of aryl methyl sites for hydroxylation is 2. The Bertz CT molecular complexity index is 1150. The lowest BCUT2D eigenvalue weighted by molar-refractivity contribution is 0.180. The molecule has 0 saturated heterocycles. The van der Waals surface area contributed by atoms with Crippen molar-refractivity contribution in [1.29, 1.82) is 0 Å². The van der Waals surface area contributed by atoms with E-state index in [-0.39, 0.29) is 0 Å². The number of hydrogen-bond acceptors (Lipinski definition) is 7. The lowest BCUT2D eigenvalue weighted by atomic mass is 10.1. The zero-order valence-electron chi connectivity index (χ0n) is 15.2. The number of hydrogen-bond donors (Lipinski definition) is 0. The fourth-order valence-electron chi connectivity index (χ4n) is 3.44. The third-order valence-electron chi connectivity index (χ3n) is 4.67. The Morgan fingerprint density at radius 3 is 2.85 bits per heavy atom. The van der Waals surface area contributed by atoms with Gasteiger partial charge < -0.3 is 9.26 Å². The SMILES string of the molecule is COCc1nnn2c1Cc1c(-c3nc(C)no3)ncn1-c1ccc(C)cc1-2. The van der Waals surface area contributed by atoms with Gasteiger partial charge in [-0.2, -0.15) is 4.98 Å². The Balaban J connectivity index is 1.79. The standard InChI is InChI=1S/C18H17N7O2/c1-10-4-5-13-15(6-10)25-14(12(8-26-3)21-23-25)7-16-17(19-9-24(13)16)18-20-11(2)22-27-18/h4-6,9H,7-8H2,1-3H3. The van der Waals surface area contributed by atoms with Crippen LogP contribution in [-0.4, -0.2) is 41.8 Å². The van der Waals surface area contributed by atoms with E-state index < -0.39 is 0 Å². The molecule has 0 atom stereocenters. The van der Waals surface area contributed by atoms with E-state index in [1.165, 1.54) is 0 Å². The third kappa shape index (κ3) is 2.39. The summed E-state index contributed by atoms with van der Waals surface area (Å²) >= 11 is 0. The molecule has 1 aromatic carbocycles. The predicted molar refractivity (Wildman–Crippen MR) is 94.8 cm³/mol. The van der Waals surface area contributed by atoms with Crippen LogP contribution in [0.2, 0.25) is 0 Å². The molecule has 0 unspecified atom stereocenters. The highest BCUT2D eigenvalue weighted by Gasteiger charge is 2.28. The molecule has 136 valence electrons. The van der Waals surface area contributed by atoms with Crippen molar-refractivity contribution in [3.05, 3.63) is 53.0 Å². The number of imidazole rings is 1. The van der Waals surface area contributed by atoms with E-state index in [1.807, 2.05) is 4.68 Å². The molecule has 4 aromatic rings. The first-order chi connectivity index (χ1) is 13.2. The van der Waals surface area contributed by atoms with Gasteiger partial charge in [0.15, 0.2) is 11.5 Å². The fraction of sp³-hybridized carbons (Fsp3) is 0.278. The summed E-state index contributed by atoms with van der Waals surface area (Å²) in [7, 11) is 1.65. The molecule has 9 heteroatoms. The van der Waals surface area contributed by atoms with E-state index in [0.29, 0.717) is 30.4 Å². The second-order valence-corrected chi connectivity index (χ2v) is 6.55. The molecule has 27 heavy (non-hydrogen) atoms. The molecule has 3 aromatic heterocycles. The third-order valence-corrected chi connectivity index (χ3v) is 4.67. The van der Waals surface area contributed by atoms with Crippen LogP contribution in [0.25, 0.3) is 23.0 Å². The molecule has 5 rings (SSSR count). The first kappa shape index (κ1) is 15.9. The number of nitrogens with zero attached hydrogens (tertiary/aromatic N) is 7. The van der Waals surface area contributed by atoms with E-state index >= 15 is 0 Å². The first-order valence-electron chi connectivity index (χ1n) is 8.56. The lowest BCUT2D eigenvalue weighted by Crippen LogP contribution is -2.04. The summed E-state index contributed by atoms with van der Waals surface area (Å²) in [5, 5.41) is 12.6. The summed E-state index contributed by atoms with van der Waals surface area (Å²) in [5.41, 5.74) is 6.43. The summed E-state index contributed by atoms with van der Waals surface area (Å²) < 4.78 is 14.6. The molecule has 0 saturated carbocycles. The van der Waals surface area contributed by atoms with Crippen molar-refractivity contribution < 1.29 is 9.26 Å². The molecule has 0 N–H and O–H groups in total. The van der Waals surface area contributed by atoms with Gasteiger partial charge in [-0.3, -0.25) is 4.57 Å². The molecule has 4 heterocycles. The van der Waals surface area contributed by atoms with Crippen LogP contribution in [-0.2, 0) is 17.8 Å². The largest absolute Gasteiger partial charge is 0.378 e. The van der Waals surface area contributed by atoms with Gasteiger partial charge in [0.2, 0.25) is 0 Å². The second-order valence-electron chi connectivity index (χ2n) is 6.55. The molecule has 0 amide bonds. The average molecular weight is 363 g/mol. The summed E-state index contributed by atoms with van der Waals surface area (Å²) in [5.74, 6) is 0.979. The summed E-state index contributed by atoms with van der Waals surface area (Å²) in [6.45, 7) is 4.23. The van der Waals surface area contributed by atoms with Crippen molar-refractivity contribution in [3.63, 3.8) is 0 Å². The van der Waals surface area contributed by atoms with Gasteiger partial charge in [-0.25, -0.2) is 9.67 Å². The van der Waals surface area contributed by atoms with E-state index in [9.17, 15) is 0 Å². The Labute approximate surface area is 154 Å². The van der Waals surface area contributed by atoms with Crippen LogP contribution in [0.1, 0.15) is 28.5 Å². The van der Waals surface area contributed by atoms with Crippen molar-refractivity contribution in [2.24, 2.45) is 0 Å². The van der Waals surface area contributed by atoms with Crippen LogP contribution in [0.3, 0.4) is 0 Å². The highest BCUT2D eigenvalue weighted by molar-refractivity contribution is 5.62. The van der Waals surface area contributed by atoms with Gasteiger partial charge in [-0.1, -0.05) is 16.4 Å². The smallest absolute Gasteiger partial charge is 0.278 e. The molecule has 1 aliphatic rings. The van der Waals surface area contributed by atoms with Gasteiger partial charge in [0.05, 0.1) is 29.4 Å². The maximum absolute atomic E-state index is 5.37. The zero-order chi connectivity index (χ0) is 18.5. The number of aromatic nitrogens is 7. The van der Waals surface area contributed by atoms with Crippen molar-refractivity contribution in [2.45, 2.75) is 26.9 Å². The Morgan fingerprint density at radius 2 is 2.07 bits per heavy atom. The molecule has 0 bridgehead atoms. The molecule has 0 fully saturated rings. The van der Waals surface area contributed by atoms with Gasteiger partial charge in [0.25, 0.3) is 5.89 Å². The van der Waals surface area contributed by atoms with E-state index in [2.05, 4.69) is 55.1 Å². The van der Waals surface area contributed by atoms with Crippen molar-refractivity contribution in [1.82, 2.24) is 34.7 Å². The lowest BCUT2D eigenvalue weighted by Gasteiger charge is -2.10. The summed E-state index contributed by atoms with van der Waals surface area (Å²) in [6, 6.07) is 6.22. The van der Waals surface area contributed by atoms with Gasteiger partial charge >= 0.3 is 0 Å². The van der Waals surface area contributed by atoms with Crippen LogP contribution in [0.5, 0.6) is 0 Å². The zero-order valence-corrected chi connectivity index (χ0v) is 15.2. The summed E-state index contributed by atoms with van der Waals surface area (Å²) in [6.07, 6.45) is 2.35. The monoisotopic (exact) mass is 363 g/mol. The van der Waals surface area contributed by atoms with Gasteiger partial charge in [0.1, 0.15) is 12.0 Å². The second kappa shape index (κ2) is 5.85. The van der Waals surface area contributed by atoms with Crippen LogP contribution < -0.4 is 0 Å². The molecule has 0 aliphatic carbocycles. The molecular weight excluding hydrogens is 346 g/mol. The number of methoxy groups -OCH3 is 1. The van der Waals surface area contributed by atoms with Crippen LogP contribution in [0.4, 0.5) is 0 Å². The topological polar surface area (TPSA) is 96.7 Å². The van der Waals surface area contributed by atoms with Crippen LogP contribution in [0.15, 0.2) is 29.0 Å². The number of ether oxygens (including phenoxy) is 1. The normalized spacial score (nSPS) is 12.4. The maximum atomic E-state index is 5.37. The molecule has 0 spiro atoms. The van der Waals surface area contributed by atoms with Crippen LogP contribution in [0, 0.1) is 13.8 Å². The molecular formula is C18H17N7O2. The highest BCUT2D eigenvalue weighted by Crippen LogP contribution is 2.33. The number of fused-ring (bicyclic) bond motifs is 5. The minimum atomic E-state index is 0.389. The number of benzene rings is 1. The van der Waals surface area contributed by atoms with E-state index in [4.69, 9.17) is 9.26 Å². The first-order valence-corrected chi connectivity index (χ1v) is 8.56. The van der Waals surface area contributed by atoms with Crippen molar-refractivity contribution in [2.75, 3.05) is 7.11 Å². The number of rotatable bonds is 3. The minimum Gasteiger partial charge on any atom is -0.378 e. The Morgan fingerprint density at radius 1 is 1.19 bits per heavy atom. The maximum Gasteiger partial charge on any atom is 0.278 e. The van der Waals surface area contributed by atoms with Gasteiger partial charge in [0, 0.05) is 13.5 Å². The van der Waals surface area contributed by atoms with Gasteiger partial charge in [-0.05, 0) is 31.5 Å². The van der Waals surface area contributed by atoms with E-state index in [1.54, 1.807) is 20.4 Å². The van der Waals surface area contributed by atoms with Crippen molar-refractivity contribution in [3.8, 4) is 23.0 Å². The quantitative estimate of drug-likeness (QED) is 0.484. The highest BCUT2D eigenvalue weighted by atomic mass is 16.5. The van der Waals surface area contributed by atoms with Gasteiger partial charge in [-0.15, -0.1) is 5.10 Å². The van der Waals surface area contributed by atoms with Crippen molar-refractivity contribution >= 4 is 0 Å². The summed E-state index contributed by atoms with van der Waals surface area (Å²) in [4.78, 5) is 8.91. The Kier molecular flexibility index (Phi) is 3.44. The molecule has 1 aliphatic heterocycles. The minimum absolute atomic E-state index is 0.389. The van der Waals surface area contributed by atoms with E-state index in [0.717, 1.165) is 34.0 Å². The fourth-order valence-corrected chi connectivity index (χ4v) is 3.44. The molecule has 0 radical (unpaired) electrons. The Hall–Kier alpha value is -3.33. The molecule has 9 nitrogen and oxygen atoms in total. The van der Waals surface area contributed by atoms with Crippen LogP contribution >= 0.6 is 0 Å².